The molecule has 2 atom stereocenters. The zero-order chi connectivity index (χ0) is 25.5. The normalized spacial score (nSPS) is 25.3. The van der Waals surface area contributed by atoms with E-state index in [4.69, 9.17) is 0 Å². The van der Waals surface area contributed by atoms with Crippen molar-refractivity contribution in [1.82, 2.24) is 14.8 Å². The molecule has 1 amide bonds. The fourth-order valence-electron chi connectivity index (χ4n) is 6.38. The number of hydrogen-bond donors (Lipinski definition) is 0. The van der Waals surface area contributed by atoms with E-state index in [2.05, 4.69) is 52.9 Å². The Morgan fingerprint density at radius 2 is 1.81 bits per heavy atom. The quantitative estimate of drug-likeness (QED) is 0.592. The molecule has 5 rings (SSSR count). The second kappa shape index (κ2) is 9.69. The van der Waals surface area contributed by atoms with Gasteiger partial charge in [-0.3, -0.25) is 14.7 Å². The maximum absolute atomic E-state index is 14.0. The molecular formula is C28H35F3N4O. The molecule has 0 N–H and O–H groups in total. The number of nitrogens with zero attached hydrogens (tertiary/aromatic N) is 4. The number of aromatic nitrogens is 1. The van der Waals surface area contributed by atoms with Crippen molar-refractivity contribution in [3.63, 3.8) is 0 Å². The van der Waals surface area contributed by atoms with Crippen LogP contribution in [-0.4, -0.2) is 59.5 Å². The first-order chi connectivity index (χ1) is 17.2. The molecule has 1 aliphatic carbocycles. The lowest BCUT2D eigenvalue weighted by Crippen LogP contribution is -2.51. The highest BCUT2D eigenvalue weighted by Crippen LogP contribution is 2.48. The molecule has 1 saturated heterocycles. The summed E-state index contributed by atoms with van der Waals surface area (Å²) in [7, 11) is 0. The average Bonchev–Trinajstić information content (AvgIpc) is 3.35. The summed E-state index contributed by atoms with van der Waals surface area (Å²) in [6.45, 7) is 8.86. The van der Waals surface area contributed by atoms with E-state index >= 15 is 0 Å². The van der Waals surface area contributed by atoms with Crippen molar-refractivity contribution in [1.29, 1.82) is 0 Å². The van der Waals surface area contributed by atoms with Gasteiger partial charge in [0.15, 0.2) is 0 Å². The molecule has 1 aromatic heterocycles. The molecule has 3 heterocycles. The van der Waals surface area contributed by atoms with E-state index in [1.807, 2.05) is 6.07 Å². The van der Waals surface area contributed by atoms with Crippen LogP contribution in [0.4, 0.5) is 18.9 Å². The van der Waals surface area contributed by atoms with Crippen molar-refractivity contribution in [2.24, 2.45) is 11.3 Å². The summed E-state index contributed by atoms with van der Waals surface area (Å²) in [6, 6.07) is 12.0. The number of amides is 1. The first kappa shape index (κ1) is 25.1. The summed E-state index contributed by atoms with van der Waals surface area (Å²) in [5.41, 5.74) is 1.24. The maximum Gasteiger partial charge on any atom is 0.417 e. The first-order valence-corrected chi connectivity index (χ1v) is 13.1. The van der Waals surface area contributed by atoms with Crippen molar-refractivity contribution in [2.45, 2.75) is 58.3 Å². The minimum absolute atomic E-state index is 0.103. The Hall–Kier alpha value is -2.61. The Morgan fingerprint density at radius 1 is 1.08 bits per heavy atom. The molecule has 1 unspecified atom stereocenters. The van der Waals surface area contributed by atoms with Crippen LogP contribution in [0.5, 0.6) is 0 Å². The fraction of sp³-hybridized carbons (Fsp3) is 0.571. The Balaban J connectivity index is 1.26. The highest BCUT2D eigenvalue weighted by atomic mass is 19.4. The largest absolute Gasteiger partial charge is 0.417 e. The van der Waals surface area contributed by atoms with Gasteiger partial charge in [-0.1, -0.05) is 32.0 Å². The van der Waals surface area contributed by atoms with Crippen LogP contribution in [0, 0.1) is 11.3 Å². The van der Waals surface area contributed by atoms with Gasteiger partial charge in [-0.2, -0.15) is 13.2 Å². The van der Waals surface area contributed by atoms with Crippen LogP contribution in [0.25, 0.3) is 0 Å². The van der Waals surface area contributed by atoms with Crippen molar-refractivity contribution < 1.29 is 18.0 Å². The van der Waals surface area contributed by atoms with Gasteiger partial charge in [0.05, 0.1) is 11.0 Å². The summed E-state index contributed by atoms with van der Waals surface area (Å²) in [4.78, 5) is 24.8. The lowest BCUT2D eigenvalue weighted by atomic mass is 9.73. The molecule has 0 spiro atoms. The topological polar surface area (TPSA) is 39.7 Å². The summed E-state index contributed by atoms with van der Waals surface area (Å²) < 4.78 is 39.7. The van der Waals surface area contributed by atoms with E-state index in [0.717, 1.165) is 51.6 Å². The van der Waals surface area contributed by atoms with Gasteiger partial charge in [0.1, 0.15) is 0 Å². The van der Waals surface area contributed by atoms with Crippen LogP contribution in [0.15, 0.2) is 42.6 Å². The Labute approximate surface area is 211 Å². The van der Waals surface area contributed by atoms with Crippen LogP contribution in [-0.2, 0) is 23.9 Å². The highest BCUT2D eigenvalue weighted by Gasteiger charge is 2.51. The monoisotopic (exact) mass is 500 g/mol. The van der Waals surface area contributed by atoms with Crippen molar-refractivity contribution in [3.05, 3.63) is 59.4 Å². The first-order valence-electron chi connectivity index (χ1n) is 13.1. The number of carbonyl (C=O) groups excluding carboxylic acids is 1. The average molecular weight is 501 g/mol. The van der Waals surface area contributed by atoms with Gasteiger partial charge in [-0.05, 0) is 48.9 Å². The van der Waals surface area contributed by atoms with E-state index in [0.29, 0.717) is 30.3 Å². The predicted octanol–water partition coefficient (Wildman–Crippen LogP) is 5.00. The summed E-state index contributed by atoms with van der Waals surface area (Å²) in [5, 5.41) is 0. The number of fused-ring (bicyclic) bond motifs is 1. The molecule has 1 saturated carbocycles. The highest BCUT2D eigenvalue weighted by molar-refractivity contribution is 5.83. The number of halogens is 3. The van der Waals surface area contributed by atoms with Crippen molar-refractivity contribution >= 4 is 11.6 Å². The number of carbonyl (C=O) groups is 1. The van der Waals surface area contributed by atoms with Gasteiger partial charge in [-0.25, -0.2) is 0 Å². The molecule has 5 nitrogen and oxygen atoms in total. The number of benzene rings is 1. The number of para-hydroxylation sites is 1. The van der Waals surface area contributed by atoms with E-state index in [1.54, 1.807) is 4.90 Å². The van der Waals surface area contributed by atoms with Crippen LogP contribution in [0.2, 0.25) is 0 Å². The minimum Gasteiger partial charge on any atom is -0.369 e. The van der Waals surface area contributed by atoms with E-state index in [1.165, 1.54) is 11.8 Å². The third-order valence-corrected chi connectivity index (χ3v) is 8.66. The number of pyridine rings is 1. The van der Waals surface area contributed by atoms with Gasteiger partial charge in [0.25, 0.3) is 0 Å². The van der Waals surface area contributed by atoms with E-state index in [9.17, 15) is 18.0 Å². The van der Waals surface area contributed by atoms with Gasteiger partial charge < -0.3 is 9.80 Å². The third kappa shape index (κ3) is 4.72. The smallest absolute Gasteiger partial charge is 0.369 e. The van der Waals surface area contributed by atoms with Crippen molar-refractivity contribution in [2.75, 3.05) is 37.6 Å². The number of hydrogen-bond acceptors (Lipinski definition) is 4. The fourth-order valence-corrected chi connectivity index (χ4v) is 6.38. The number of anilines is 1. The Kier molecular flexibility index (Phi) is 6.74. The van der Waals surface area contributed by atoms with Gasteiger partial charge in [0.2, 0.25) is 5.91 Å². The van der Waals surface area contributed by atoms with Crippen LogP contribution >= 0.6 is 0 Å². The Bertz CT molecular complexity index is 1080. The lowest BCUT2D eigenvalue weighted by Gasteiger charge is -2.42. The standard InChI is InChI=1S/C28H35F3N4O/c1-20(2)27(26(36)35-11-9-25-21(19-35)16-22(18-32-25)28(29,30)31)10-8-24(17-27)34-14-12-33(13-15-34)23-6-4-3-5-7-23/h3-7,16,18,20,24H,8-15,17,19H2,1-2H3/t24?,27-/m1/s1. The molecule has 2 aliphatic heterocycles. The van der Waals surface area contributed by atoms with Crippen LogP contribution in [0.3, 0.4) is 0 Å². The second-order valence-electron chi connectivity index (χ2n) is 10.9. The molecular weight excluding hydrogens is 465 g/mol. The zero-order valence-electron chi connectivity index (χ0n) is 21.1. The Morgan fingerprint density at radius 3 is 2.47 bits per heavy atom. The summed E-state index contributed by atoms with van der Waals surface area (Å²) >= 11 is 0. The molecule has 0 bridgehead atoms. The number of alkyl halides is 3. The van der Waals surface area contributed by atoms with E-state index < -0.39 is 17.2 Å². The summed E-state index contributed by atoms with van der Waals surface area (Å²) in [5.74, 6) is 0.271. The number of piperazine rings is 1. The van der Waals surface area contributed by atoms with Gasteiger partial charge in [0, 0.05) is 69.3 Å². The molecule has 3 aliphatic rings. The molecule has 2 fully saturated rings. The van der Waals surface area contributed by atoms with E-state index in [-0.39, 0.29) is 18.4 Å². The molecule has 2 aromatic rings. The number of rotatable bonds is 4. The molecule has 1 aromatic carbocycles. The van der Waals surface area contributed by atoms with Crippen LogP contribution < -0.4 is 4.90 Å². The predicted molar refractivity (Wildman–Crippen MR) is 133 cm³/mol. The lowest BCUT2D eigenvalue weighted by molar-refractivity contribution is -0.146. The molecule has 8 heteroatoms. The van der Waals surface area contributed by atoms with Crippen LogP contribution in [0.1, 0.15) is 49.9 Å². The zero-order valence-corrected chi connectivity index (χ0v) is 21.1. The summed E-state index contributed by atoms with van der Waals surface area (Å²) in [6.07, 6.45) is -0.393. The van der Waals surface area contributed by atoms with Gasteiger partial charge >= 0.3 is 6.18 Å². The second-order valence-corrected chi connectivity index (χ2v) is 10.9. The third-order valence-electron chi connectivity index (χ3n) is 8.66. The van der Waals surface area contributed by atoms with Crippen molar-refractivity contribution in [3.8, 4) is 0 Å². The van der Waals surface area contributed by atoms with Gasteiger partial charge in [-0.15, -0.1) is 0 Å². The SMILES string of the molecule is CC(C)[C@@]1(C(=O)N2CCc3ncc(C(F)(F)F)cc3C2)CCC(N2CCN(c3ccccc3)CC2)C1. The maximum atomic E-state index is 14.0. The minimum atomic E-state index is -4.43. The molecule has 194 valence electrons. The molecule has 0 radical (unpaired) electrons. The molecule has 36 heavy (non-hydrogen) atoms.